The molecular formula is C19H27N5O2S. The first-order chi connectivity index (χ1) is 13.0. The second kappa shape index (κ2) is 9.14. The third-order valence-corrected chi connectivity index (χ3v) is 5.81. The molecule has 2 aromatic rings. The highest BCUT2D eigenvalue weighted by molar-refractivity contribution is 7.88. The van der Waals surface area contributed by atoms with Gasteiger partial charge >= 0.3 is 0 Å². The summed E-state index contributed by atoms with van der Waals surface area (Å²) in [5, 5.41) is 3.20. The Morgan fingerprint density at radius 1 is 1.04 bits per heavy atom. The first kappa shape index (κ1) is 19.6. The third-order valence-electron chi connectivity index (χ3n) is 4.46. The van der Waals surface area contributed by atoms with Crippen LogP contribution in [0.4, 0.5) is 11.6 Å². The molecule has 0 spiro atoms. The number of hydrogen-bond acceptors (Lipinski definition) is 6. The van der Waals surface area contributed by atoms with Crippen molar-refractivity contribution in [3.8, 4) is 0 Å². The van der Waals surface area contributed by atoms with Gasteiger partial charge in [0, 0.05) is 32.2 Å². The molecule has 2 N–H and O–H groups in total. The molecule has 0 saturated carbocycles. The smallest absolute Gasteiger partial charge is 0.215 e. The van der Waals surface area contributed by atoms with E-state index < -0.39 is 10.0 Å². The third kappa shape index (κ3) is 6.18. The molecule has 2 heterocycles. The van der Waals surface area contributed by atoms with Crippen LogP contribution in [0, 0.1) is 6.92 Å². The summed E-state index contributed by atoms with van der Waals surface area (Å²) in [7, 11) is -3.35. The van der Waals surface area contributed by atoms with Crippen LogP contribution < -0.4 is 14.9 Å². The summed E-state index contributed by atoms with van der Waals surface area (Å²) in [6, 6.07) is 11.1. The van der Waals surface area contributed by atoms with E-state index in [4.69, 9.17) is 0 Å². The number of anilines is 2. The topological polar surface area (TPSA) is 87.2 Å². The summed E-state index contributed by atoms with van der Waals surface area (Å²) >= 11 is 0. The summed E-state index contributed by atoms with van der Waals surface area (Å²) in [6.07, 6.45) is 3.65. The van der Waals surface area contributed by atoms with Gasteiger partial charge in [-0.3, -0.25) is 0 Å². The van der Waals surface area contributed by atoms with Gasteiger partial charge in [-0.1, -0.05) is 30.3 Å². The molecule has 7 nitrogen and oxygen atoms in total. The number of hydrogen-bond donors (Lipinski definition) is 2. The quantitative estimate of drug-likeness (QED) is 0.674. The molecule has 1 saturated heterocycles. The van der Waals surface area contributed by atoms with Gasteiger partial charge in [-0.25, -0.2) is 23.1 Å². The highest BCUT2D eigenvalue weighted by atomic mass is 32.2. The summed E-state index contributed by atoms with van der Waals surface area (Å²) in [4.78, 5) is 11.2. The average Bonchev–Trinajstić information content (AvgIpc) is 2.66. The van der Waals surface area contributed by atoms with Crippen LogP contribution in [0.15, 0.2) is 36.4 Å². The Morgan fingerprint density at radius 3 is 2.52 bits per heavy atom. The Balaban J connectivity index is 1.50. The number of sulfonamides is 1. The number of benzene rings is 1. The highest BCUT2D eigenvalue weighted by Crippen LogP contribution is 2.20. The molecule has 27 heavy (non-hydrogen) atoms. The van der Waals surface area contributed by atoms with Crippen LogP contribution in [0.2, 0.25) is 0 Å². The second-order valence-electron chi connectivity index (χ2n) is 6.77. The van der Waals surface area contributed by atoms with Gasteiger partial charge in [0.05, 0.1) is 5.75 Å². The molecule has 1 fully saturated rings. The van der Waals surface area contributed by atoms with E-state index in [1.54, 1.807) is 0 Å². The summed E-state index contributed by atoms with van der Waals surface area (Å²) in [5.41, 5.74) is 0.774. The minimum absolute atomic E-state index is 0.0143. The van der Waals surface area contributed by atoms with Gasteiger partial charge in [0.1, 0.15) is 17.5 Å². The Kier molecular flexibility index (Phi) is 6.63. The molecule has 0 amide bonds. The van der Waals surface area contributed by atoms with Crippen LogP contribution in [0.25, 0.3) is 0 Å². The van der Waals surface area contributed by atoms with Crippen molar-refractivity contribution < 1.29 is 8.42 Å². The lowest BCUT2D eigenvalue weighted by Gasteiger charge is -2.28. The predicted octanol–water partition coefficient (Wildman–Crippen LogP) is 2.31. The van der Waals surface area contributed by atoms with E-state index in [1.807, 2.05) is 43.3 Å². The molecule has 0 unspecified atom stereocenters. The fraction of sp³-hybridized carbons (Fsp3) is 0.474. The van der Waals surface area contributed by atoms with Gasteiger partial charge in [-0.05, 0) is 31.7 Å². The number of aryl methyl sites for hydroxylation is 1. The fourth-order valence-electron chi connectivity index (χ4n) is 3.17. The minimum atomic E-state index is -3.35. The molecule has 146 valence electrons. The fourth-order valence-corrected chi connectivity index (χ4v) is 4.32. The zero-order valence-corrected chi connectivity index (χ0v) is 16.5. The van der Waals surface area contributed by atoms with Crippen molar-refractivity contribution in [2.75, 3.05) is 36.4 Å². The predicted molar refractivity (Wildman–Crippen MR) is 108 cm³/mol. The monoisotopic (exact) mass is 389 g/mol. The molecule has 1 aromatic heterocycles. The molecule has 0 radical (unpaired) electrons. The van der Waals surface area contributed by atoms with Gasteiger partial charge in [0.15, 0.2) is 0 Å². The van der Waals surface area contributed by atoms with E-state index in [-0.39, 0.29) is 5.75 Å². The van der Waals surface area contributed by atoms with Crippen molar-refractivity contribution in [1.82, 2.24) is 14.7 Å². The molecule has 8 heteroatoms. The van der Waals surface area contributed by atoms with E-state index in [9.17, 15) is 8.42 Å². The number of rotatable bonds is 8. The largest absolute Gasteiger partial charge is 0.369 e. The van der Waals surface area contributed by atoms with Gasteiger partial charge in [0.25, 0.3) is 0 Å². The van der Waals surface area contributed by atoms with Crippen LogP contribution >= 0.6 is 0 Å². The van der Waals surface area contributed by atoms with Gasteiger partial charge in [0.2, 0.25) is 10.0 Å². The van der Waals surface area contributed by atoms with Crippen LogP contribution in [0.5, 0.6) is 0 Å². The van der Waals surface area contributed by atoms with Gasteiger partial charge in [-0.15, -0.1) is 0 Å². The van der Waals surface area contributed by atoms with E-state index in [0.29, 0.717) is 18.9 Å². The normalized spacial score (nSPS) is 14.9. The van der Waals surface area contributed by atoms with Crippen LogP contribution in [0.3, 0.4) is 0 Å². The zero-order valence-electron chi connectivity index (χ0n) is 15.7. The Hall–Kier alpha value is -2.19. The molecule has 1 aliphatic rings. The van der Waals surface area contributed by atoms with E-state index in [1.165, 1.54) is 19.3 Å². The Bertz CT molecular complexity index is 836. The Labute approximate surface area is 161 Å². The first-order valence-corrected chi connectivity index (χ1v) is 11.0. The van der Waals surface area contributed by atoms with Crippen molar-refractivity contribution in [2.24, 2.45) is 0 Å². The maximum absolute atomic E-state index is 12.2. The first-order valence-electron chi connectivity index (χ1n) is 9.38. The Morgan fingerprint density at radius 2 is 1.78 bits per heavy atom. The summed E-state index contributed by atoms with van der Waals surface area (Å²) in [6.45, 7) is 4.69. The maximum atomic E-state index is 12.2. The SMILES string of the molecule is Cc1nc(NCCNS(=O)(=O)Cc2ccccc2)cc(N2CCCCC2)n1. The minimum Gasteiger partial charge on any atom is -0.369 e. The zero-order chi connectivity index (χ0) is 19.1. The number of aromatic nitrogens is 2. The van der Waals surface area contributed by atoms with E-state index in [0.717, 1.165) is 30.3 Å². The van der Waals surface area contributed by atoms with Crippen molar-refractivity contribution in [3.63, 3.8) is 0 Å². The lowest BCUT2D eigenvalue weighted by Crippen LogP contribution is -2.31. The van der Waals surface area contributed by atoms with Crippen molar-refractivity contribution >= 4 is 21.7 Å². The molecular weight excluding hydrogens is 362 g/mol. The number of nitrogens with one attached hydrogen (secondary N) is 2. The van der Waals surface area contributed by atoms with Crippen LogP contribution in [-0.4, -0.2) is 44.6 Å². The molecule has 3 rings (SSSR count). The van der Waals surface area contributed by atoms with E-state index >= 15 is 0 Å². The molecule has 0 atom stereocenters. The molecule has 1 aromatic carbocycles. The standard InChI is InChI=1S/C19H27N5O2S/c1-16-22-18(14-19(23-16)24-12-6-3-7-13-24)20-10-11-21-27(25,26)15-17-8-4-2-5-9-17/h2,4-5,8-9,14,21H,3,6-7,10-13,15H2,1H3,(H,20,22,23). The van der Waals surface area contributed by atoms with E-state index in [2.05, 4.69) is 24.9 Å². The van der Waals surface area contributed by atoms with Crippen LogP contribution in [0.1, 0.15) is 30.7 Å². The van der Waals surface area contributed by atoms with Crippen molar-refractivity contribution in [3.05, 3.63) is 47.8 Å². The molecule has 0 aliphatic carbocycles. The summed E-state index contributed by atoms with van der Waals surface area (Å²) < 4.78 is 26.9. The van der Waals surface area contributed by atoms with Crippen LogP contribution in [-0.2, 0) is 15.8 Å². The number of piperidine rings is 1. The lowest BCUT2D eigenvalue weighted by atomic mass is 10.1. The maximum Gasteiger partial charge on any atom is 0.215 e. The lowest BCUT2D eigenvalue weighted by molar-refractivity contribution is 0.572. The van der Waals surface area contributed by atoms with Gasteiger partial charge < -0.3 is 10.2 Å². The van der Waals surface area contributed by atoms with Gasteiger partial charge in [-0.2, -0.15) is 0 Å². The van der Waals surface area contributed by atoms with Crippen molar-refractivity contribution in [1.29, 1.82) is 0 Å². The molecule has 1 aliphatic heterocycles. The van der Waals surface area contributed by atoms with Crippen molar-refractivity contribution in [2.45, 2.75) is 31.9 Å². The molecule has 0 bridgehead atoms. The second-order valence-corrected chi connectivity index (χ2v) is 8.58. The average molecular weight is 390 g/mol. The number of nitrogens with zero attached hydrogens (tertiary/aromatic N) is 3. The summed E-state index contributed by atoms with van der Waals surface area (Å²) in [5.74, 6) is 2.37. The highest BCUT2D eigenvalue weighted by Gasteiger charge is 2.14.